The number of hydrogen-bond acceptors (Lipinski definition) is 3. The lowest BCUT2D eigenvalue weighted by Gasteiger charge is -2.09. The second-order valence-electron chi connectivity index (χ2n) is 5.24. The Hall–Kier alpha value is -2.82. The molecule has 0 bridgehead atoms. The van der Waals surface area contributed by atoms with Crippen LogP contribution in [0.5, 0.6) is 5.75 Å². The number of aromatic nitrogens is 2. The lowest BCUT2D eigenvalue weighted by molar-refractivity contribution is -0.116. The summed E-state index contributed by atoms with van der Waals surface area (Å²) in [5, 5.41) is 2.90. The minimum Gasteiger partial charge on any atom is -0.494 e. The average molecular weight is 309 g/mol. The van der Waals surface area contributed by atoms with E-state index >= 15 is 0 Å². The number of carbonyl (C=O) groups is 1. The lowest BCUT2D eigenvalue weighted by atomic mass is 10.3. The van der Waals surface area contributed by atoms with Crippen LogP contribution in [-0.4, -0.2) is 22.1 Å². The number of fused-ring (bicyclic) bond motifs is 1. The van der Waals surface area contributed by atoms with Crippen LogP contribution in [0.3, 0.4) is 0 Å². The minimum absolute atomic E-state index is 0.0830. The summed E-state index contributed by atoms with van der Waals surface area (Å²) in [6.45, 7) is 4.70. The number of nitrogens with zero attached hydrogens (tertiary/aromatic N) is 2. The highest BCUT2D eigenvalue weighted by Crippen LogP contribution is 2.17. The first kappa shape index (κ1) is 15.1. The van der Waals surface area contributed by atoms with E-state index in [0.29, 0.717) is 6.61 Å². The molecule has 1 aromatic heterocycles. The van der Waals surface area contributed by atoms with Crippen LogP contribution in [0.25, 0.3) is 11.0 Å². The zero-order chi connectivity index (χ0) is 16.2. The molecule has 0 aliphatic rings. The summed E-state index contributed by atoms with van der Waals surface area (Å²) in [5.74, 6) is 1.54. The molecule has 0 fully saturated rings. The summed E-state index contributed by atoms with van der Waals surface area (Å²) in [5.41, 5.74) is 2.62. The predicted octanol–water partition coefficient (Wildman–Crippen LogP) is 3.38. The van der Waals surface area contributed by atoms with E-state index in [1.165, 1.54) is 0 Å². The molecular weight excluding hydrogens is 290 g/mol. The van der Waals surface area contributed by atoms with Gasteiger partial charge in [-0.2, -0.15) is 0 Å². The maximum atomic E-state index is 12.3. The van der Waals surface area contributed by atoms with E-state index < -0.39 is 0 Å². The molecule has 1 N–H and O–H groups in total. The summed E-state index contributed by atoms with van der Waals surface area (Å²) in [7, 11) is 0. The van der Waals surface area contributed by atoms with Crippen LogP contribution in [0.1, 0.15) is 12.7 Å². The van der Waals surface area contributed by atoms with Crippen LogP contribution in [0.2, 0.25) is 0 Å². The normalized spacial score (nSPS) is 10.7. The number of para-hydroxylation sites is 2. The number of anilines is 1. The van der Waals surface area contributed by atoms with Gasteiger partial charge in [0, 0.05) is 5.69 Å². The lowest BCUT2D eigenvalue weighted by Crippen LogP contribution is -2.19. The van der Waals surface area contributed by atoms with Crippen LogP contribution < -0.4 is 10.1 Å². The number of benzene rings is 2. The monoisotopic (exact) mass is 309 g/mol. The van der Waals surface area contributed by atoms with E-state index in [1.807, 2.05) is 66.9 Å². The van der Waals surface area contributed by atoms with Crippen molar-refractivity contribution in [1.29, 1.82) is 0 Å². The average Bonchev–Trinajstić information content (AvgIpc) is 2.85. The molecule has 1 heterocycles. The van der Waals surface area contributed by atoms with Gasteiger partial charge in [-0.3, -0.25) is 4.79 Å². The van der Waals surface area contributed by atoms with Crippen LogP contribution >= 0.6 is 0 Å². The van der Waals surface area contributed by atoms with Gasteiger partial charge in [0.25, 0.3) is 0 Å². The predicted molar refractivity (Wildman–Crippen MR) is 90.7 cm³/mol. The number of ether oxygens (including phenoxy) is 1. The van der Waals surface area contributed by atoms with E-state index in [-0.39, 0.29) is 12.5 Å². The zero-order valence-electron chi connectivity index (χ0n) is 13.2. The number of carbonyl (C=O) groups excluding carboxylic acids is 1. The van der Waals surface area contributed by atoms with E-state index in [4.69, 9.17) is 4.74 Å². The molecule has 2 aromatic carbocycles. The number of rotatable bonds is 5. The fraction of sp³-hybridized carbons (Fsp3) is 0.222. The summed E-state index contributed by atoms with van der Waals surface area (Å²) in [4.78, 5) is 16.8. The van der Waals surface area contributed by atoms with Crippen molar-refractivity contribution in [3.63, 3.8) is 0 Å². The summed E-state index contributed by atoms with van der Waals surface area (Å²) in [6.07, 6.45) is 0. The molecule has 0 saturated heterocycles. The van der Waals surface area contributed by atoms with Crippen molar-refractivity contribution >= 4 is 22.6 Å². The van der Waals surface area contributed by atoms with Gasteiger partial charge in [0.1, 0.15) is 18.1 Å². The van der Waals surface area contributed by atoms with E-state index in [1.54, 1.807) is 0 Å². The highest BCUT2D eigenvalue weighted by Gasteiger charge is 2.10. The molecule has 23 heavy (non-hydrogen) atoms. The molecule has 1 amide bonds. The van der Waals surface area contributed by atoms with Gasteiger partial charge in [-0.25, -0.2) is 4.98 Å². The first-order valence-electron chi connectivity index (χ1n) is 7.62. The summed E-state index contributed by atoms with van der Waals surface area (Å²) < 4.78 is 7.31. The third-order valence-corrected chi connectivity index (χ3v) is 3.60. The molecule has 3 aromatic rings. The summed E-state index contributed by atoms with van der Waals surface area (Å²) >= 11 is 0. The topological polar surface area (TPSA) is 56.1 Å². The Labute approximate surface area is 134 Å². The molecule has 0 aliphatic heterocycles. The first-order valence-corrected chi connectivity index (χ1v) is 7.62. The van der Waals surface area contributed by atoms with E-state index in [2.05, 4.69) is 10.3 Å². The number of imidazole rings is 1. The van der Waals surface area contributed by atoms with Crippen molar-refractivity contribution in [2.45, 2.75) is 20.4 Å². The van der Waals surface area contributed by atoms with Gasteiger partial charge in [-0.05, 0) is 50.2 Å². The fourth-order valence-corrected chi connectivity index (χ4v) is 2.54. The molecule has 5 nitrogen and oxygen atoms in total. The van der Waals surface area contributed by atoms with Crippen LogP contribution in [-0.2, 0) is 11.3 Å². The molecule has 0 atom stereocenters. The smallest absolute Gasteiger partial charge is 0.244 e. The summed E-state index contributed by atoms with van der Waals surface area (Å²) in [6, 6.07) is 15.2. The highest BCUT2D eigenvalue weighted by atomic mass is 16.5. The van der Waals surface area contributed by atoms with Gasteiger partial charge in [0.2, 0.25) is 5.91 Å². The molecule has 3 rings (SSSR count). The molecule has 0 saturated carbocycles. The maximum absolute atomic E-state index is 12.3. The SMILES string of the molecule is CCOc1ccc(NC(=O)Cn2c(C)nc3ccccc32)cc1. The molecule has 5 heteroatoms. The number of amides is 1. The van der Waals surface area contributed by atoms with Crippen molar-refractivity contribution in [2.24, 2.45) is 0 Å². The number of aryl methyl sites for hydroxylation is 1. The van der Waals surface area contributed by atoms with Gasteiger partial charge < -0.3 is 14.6 Å². The van der Waals surface area contributed by atoms with Gasteiger partial charge in [0.05, 0.1) is 17.6 Å². The molecule has 118 valence electrons. The van der Waals surface area contributed by atoms with Gasteiger partial charge >= 0.3 is 0 Å². The Morgan fingerprint density at radius 1 is 1.17 bits per heavy atom. The van der Waals surface area contributed by atoms with Crippen molar-refractivity contribution in [1.82, 2.24) is 9.55 Å². The zero-order valence-corrected chi connectivity index (χ0v) is 13.2. The minimum atomic E-state index is -0.0830. The Kier molecular flexibility index (Phi) is 4.28. The number of nitrogens with one attached hydrogen (secondary N) is 1. The second-order valence-corrected chi connectivity index (χ2v) is 5.24. The Morgan fingerprint density at radius 3 is 2.65 bits per heavy atom. The molecule has 0 unspecified atom stereocenters. The third-order valence-electron chi connectivity index (χ3n) is 3.60. The second kappa shape index (κ2) is 6.52. The first-order chi connectivity index (χ1) is 11.2. The standard InChI is InChI=1S/C18H19N3O2/c1-3-23-15-10-8-14(9-11-15)20-18(22)12-21-13(2)19-16-6-4-5-7-17(16)21/h4-11H,3,12H2,1-2H3,(H,20,22). The third kappa shape index (κ3) is 3.34. The van der Waals surface area contributed by atoms with Crippen molar-refractivity contribution in [3.8, 4) is 5.75 Å². The Morgan fingerprint density at radius 2 is 1.91 bits per heavy atom. The van der Waals surface area contributed by atoms with Gasteiger partial charge in [-0.15, -0.1) is 0 Å². The Balaban J connectivity index is 1.72. The van der Waals surface area contributed by atoms with Crippen molar-refractivity contribution in [2.75, 3.05) is 11.9 Å². The van der Waals surface area contributed by atoms with E-state index in [0.717, 1.165) is 28.3 Å². The molecular formula is C18H19N3O2. The number of hydrogen-bond donors (Lipinski definition) is 1. The van der Waals surface area contributed by atoms with Gasteiger partial charge in [0.15, 0.2) is 0 Å². The van der Waals surface area contributed by atoms with Crippen molar-refractivity contribution < 1.29 is 9.53 Å². The van der Waals surface area contributed by atoms with Crippen LogP contribution in [0, 0.1) is 6.92 Å². The van der Waals surface area contributed by atoms with E-state index in [9.17, 15) is 4.79 Å². The van der Waals surface area contributed by atoms with Crippen molar-refractivity contribution in [3.05, 3.63) is 54.4 Å². The Bertz CT molecular complexity index is 822. The molecule has 0 aliphatic carbocycles. The van der Waals surface area contributed by atoms with Crippen LogP contribution in [0.15, 0.2) is 48.5 Å². The maximum Gasteiger partial charge on any atom is 0.244 e. The van der Waals surface area contributed by atoms with Crippen LogP contribution in [0.4, 0.5) is 5.69 Å². The fourth-order valence-electron chi connectivity index (χ4n) is 2.54. The van der Waals surface area contributed by atoms with Gasteiger partial charge in [-0.1, -0.05) is 12.1 Å². The molecule has 0 spiro atoms. The largest absolute Gasteiger partial charge is 0.494 e. The quantitative estimate of drug-likeness (QED) is 0.786. The highest BCUT2D eigenvalue weighted by molar-refractivity contribution is 5.91. The molecule has 0 radical (unpaired) electrons.